The van der Waals surface area contributed by atoms with Crippen LogP contribution in [0.1, 0.15) is 26.5 Å². The number of halogens is 1. The number of nitrogens with one attached hydrogen (secondary N) is 1. The van der Waals surface area contributed by atoms with E-state index in [1.54, 1.807) is 43.4 Å². The van der Waals surface area contributed by atoms with Crippen molar-refractivity contribution in [3.8, 4) is 0 Å². The van der Waals surface area contributed by atoms with Crippen LogP contribution in [0.5, 0.6) is 0 Å². The Balaban J connectivity index is 1.87. The molecule has 0 aliphatic heterocycles. The summed E-state index contributed by atoms with van der Waals surface area (Å²) in [7, 11) is 1.64. The second kappa shape index (κ2) is 6.33. The van der Waals surface area contributed by atoms with Crippen molar-refractivity contribution in [3.63, 3.8) is 0 Å². The summed E-state index contributed by atoms with van der Waals surface area (Å²) in [5.74, 6) is -0.766. The van der Waals surface area contributed by atoms with Crippen LogP contribution >= 0.6 is 11.6 Å². The van der Waals surface area contributed by atoms with Gasteiger partial charge in [0.05, 0.1) is 33.7 Å². The van der Waals surface area contributed by atoms with E-state index in [9.17, 15) is 14.7 Å². The number of hydrogen-bond donors (Lipinski definition) is 2. The summed E-state index contributed by atoms with van der Waals surface area (Å²) in [6.07, 6.45) is 0. The summed E-state index contributed by atoms with van der Waals surface area (Å²) in [6.45, 7) is 0.206. The van der Waals surface area contributed by atoms with Gasteiger partial charge in [-0.3, -0.25) is 4.79 Å². The van der Waals surface area contributed by atoms with Gasteiger partial charge in [0.25, 0.3) is 5.91 Å². The first-order valence-electron chi connectivity index (χ1n) is 7.18. The minimum atomic E-state index is -1.03. The number of carbonyl (C=O) groups excluding carboxylic acids is 1. The molecule has 0 unspecified atom stereocenters. The van der Waals surface area contributed by atoms with Crippen LogP contribution in [0.4, 0.5) is 0 Å². The highest BCUT2D eigenvalue weighted by Crippen LogP contribution is 2.19. The molecule has 7 heteroatoms. The molecule has 2 aromatic carbocycles. The Kier molecular flexibility index (Phi) is 4.22. The number of rotatable bonds is 4. The van der Waals surface area contributed by atoms with Gasteiger partial charge in [0, 0.05) is 7.05 Å². The molecule has 0 aliphatic carbocycles. The molecule has 1 aromatic heterocycles. The zero-order valence-corrected chi connectivity index (χ0v) is 13.5. The fraction of sp³-hybridized carbons (Fsp3) is 0.118. The molecular weight excluding hydrogens is 330 g/mol. The molecule has 2 N–H and O–H groups in total. The number of aromatic nitrogens is 2. The molecule has 0 saturated heterocycles. The van der Waals surface area contributed by atoms with Gasteiger partial charge < -0.3 is 15.0 Å². The smallest absolute Gasteiger partial charge is 0.337 e. The SMILES string of the molecule is CN(Cc1nc2cccc(C(=O)O)c2[nH]1)C(=O)c1ccccc1Cl. The topological polar surface area (TPSA) is 86.3 Å². The second-order valence-corrected chi connectivity index (χ2v) is 5.74. The van der Waals surface area contributed by atoms with E-state index in [0.29, 0.717) is 27.4 Å². The lowest BCUT2D eigenvalue weighted by atomic mass is 10.2. The van der Waals surface area contributed by atoms with Crippen molar-refractivity contribution in [2.45, 2.75) is 6.54 Å². The lowest BCUT2D eigenvalue weighted by Crippen LogP contribution is -2.26. The summed E-state index contributed by atoms with van der Waals surface area (Å²) >= 11 is 6.05. The summed E-state index contributed by atoms with van der Waals surface area (Å²) in [5, 5.41) is 9.60. The standard InChI is InChI=1S/C17H14ClN3O3/c1-21(16(22)10-5-2-3-7-12(10)18)9-14-19-13-8-4-6-11(17(23)24)15(13)20-14/h2-8H,9H2,1H3,(H,19,20)(H,23,24). The Morgan fingerprint density at radius 1 is 1.17 bits per heavy atom. The van der Waals surface area contributed by atoms with Crippen LogP contribution in [0.3, 0.4) is 0 Å². The van der Waals surface area contributed by atoms with Crippen molar-refractivity contribution in [1.29, 1.82) is 0 Å². The fourth-order valence-electron chi connectivity index (χ4n) is 2.47. The van der Waals surface area contributed by atoms with Crippen molar-refractivity contribution in [2.75, 3.05) is 7.05 Å². The second-order valence-electron chi connectivity index (χ2n) is 5.33. The molecule has 0 saturated carbocycles. The van der Waals surface area contributed by atoms with E-state index in [4.69, 9.17) is 11.6 Å². The number of amides is 1. The van der Waals surface area contributed by atoms with E-state index in [2.05, 4.69) is 9.97 Å². The number of H-pyrrole nitrogens is 1. The highest BCUT2D eigenvalue weighted by Gasteiger charge is 2.17. The summed E-state index contributed by atoms with van der Waals surface area (Å²) in [5.41, 5.74) is 1.54. The Morgan fingerprint density at radius 3 is 2.58 bits per heavy atom. The predicted octanol–water partition coefficient (Wildman–Crippen LogP) is 3.19. The molecule has 3 aromatic rings. The number of aromatic amines is 1. The number of nitrogens with zero attached hydrogens (tertiary/aromatic N) is 2. The van der Waals surface area contributed by atoms with E-state index in [0.717, 1.165) is 0 Å². The van der Waals surface area contributed by atoms with Gasteiger partial charge in [0.2, 0.25) is 0 Å². The third-order valence-electron chi connectivity index (χ3n) is 3.64. The molecule has 6 nitrogen and oxygen atoms in total. The van der Waals surface area contributed by atoms with Crippen molar-refractivity contribution in [1.82, 2.24) is 14.9 Å². The quantitative estimate of drug-likeness (QED) is 0.761. The number of benzene rings is 2. The molecule has 0 bridgehead atoms. The number of carboxylic acid groups (broad SMARTS) is 1. The zero-order chi connectivity index (χ0) is 17.3. The molecule has 3 rings (SSSR count). The van der Waals surface area contributed by atoms with Crippen molar-refractivity contribution < 1.29 is 14.7 Å². The largest absolute Gasteiger partial charge is 0.478 e. The molecule has 0 fully saturated rings. The summed E-state index contributed by atoms with van der Waals surface area (Å²) in [6, 6.07) is 11.7. The summed E-state index contributed by atoms with van der Waals surface area (Å²) in [4.78, 5) is 32.5. The van der Waals surface area contributed by atoms with Crippen molar-refractivity contribution >= 4 is 34.5 Å². The van der Waals surface area contributed by atoms with Crippen LogP contribution in [0.25, 0.3) is 11.0 Å². The first kappa shape index (κ1) is 16.0. The van der Waals surface area contributed by atoms with Crippen LogP contribution in [-0.4, -0.2) is 38.9 Å². The molecule has 24 heavy (non-hydrogen) atoms. The molecule has 0 radical (unpaired) electrons. The van der Waals surface area contributed by atoms with E-state index in [1.807, 2.05) is 0 Å². The maximum absolute atomic E-state index is 12.5. The van der Waals surface area contributed by atoms with Gasteiger partial charge in [0.1, 0.15) is 5.82 Å². The minimum absolute atomic E-state index is 0.145. The third-order valence-corrected chi connectivity index (χ3v) is 3.97. The highest BCUT2D eigenvalue weighted by molar-refractivity contribution is 6.33. The average molecular weight is 344 g/mol. The average Bonchev–Trinajstić information content (AvgIpc) is 2.96. The van der Waals surface area contributed by atoms with Crippen LogP contribution in [0, 0.1) is 0 Å². The van der Waals surface area contributed by atoms with Crippen molar-refractivity contribution in [2.24, 2.45) is 0 Å². The van der Waals surface area contributed by atoms with Crippen LogP contribution in [0.2, 0.25) is 5.02 Å². The lowest BCUT2D eigenvalue weighted by molar-refractivity contribution is 0.0697. The molecule has 1 heterocycles. The first-order valence-corrected chi connectivity index (χ1v) is 7.56. The Hall–Kier alpha value is -2.86. The maximum atomic E-state index is 12.5. The monoisotopic (exact) mass is 343 g/mol. The van der Waals surface area contributed by atoms with Crippen LogP contribution in [-0.2, 0) is 6.54 Å². The van der Waals surface area contributed by atoms with Gasteiger partial charge in [-0.05, 0) is 24.3 Å². The third kappa shape index (κ3) is 2.96. The number of fused-ring (bicyclic) bond motifs is 1. The van der Waals surface area contributed by atoms with Gasteiger partial charge in [-0.15, -0.1) is 0 Å². The molecule has 0 spiro atoms. The van der Waals surface area contributed by atoms with Gasteiger partial charge in [-0.1, -0.05) is 29.8 Å². The van der Waals surface area contributed by atoms with Gasteiger partial charge in [-0.25, -0.2) is 9.78 Å². The van der Waals surface area contributed by atoms with E-state index in [1.165, 1.54) is 11.0 Å². The van der Waals surface area contributed by atoms with E-state index >= 15 is 0 Å². The number of carbonyl (C=O) groups is 2. The van der Waals surface area contributed by atoms with E-state index in [-0.39, 0.29) is 18.0 Å². The van der Waals surface area contributed by atoms with Crippen LogP contribution < -0.4 is 0 Å². The Morgan fingerprint density at radius 2 is 1.88 bits per heavy atom. The minimum Gasteiger partial charge on any atom is -0.478 e. The Bertz CT molecular complexity index is 936. The number of carboxylic acids is 1. The molecule has 0 aliphatic rings. The van der Waals surface area contributed by atoms with E-state index < -0.39 is 5.97 Å². The molecule has 0 atom stereocenters. The normalized spacial score (nSPS) is 10.8. The molecular formula is C17H14ClN3O3. The maximum Gasteiger partial charge on any atom is 0.337 e. The predicted molar refractivity (Wildman–Crippen MR) is 90.3 cm³/mol. The fourth-order valence-corrected chi connectivity index (χ4v) is 2.69. The Labute approximate surface area is 142 Å². The molecule has 122 valence electrons. The summed E-state index contributed by atoms with van der Waals surface area (Å²) < 4.78 is 0. The lowest BCUT2D eigenvalue weighted by Gasteiger charge is -2.16. The van der Waals surface area contributed by atoms with Gasteiger partial charge in [0.15, 0.2) is 0 Å². The molecule has 1 amide bonds. The zero-order valence-electron chi connectivity index (χ0n) is 12.8. The van der Waals surface area contributed by atoms with Gasteiger partial charge in [-0.2, -0.15) is 0 Å². The number of para-hydroxylation sites is 1. The van der Waals surface area contributed by atoms with Gasteiger partial charge >= 0.3 is 5.97 Å². The number of hydrogen-bond acceptors (Lipinski definition) is 3. The highest BCUT2D eigenvalue weighted by atomic mass is 35.5. The van der Waals surface area contributed by atoms with Crippen LogP contribution in [0.15, 0.2) is 42.5 Å². The number of imidazole rings is 1. The number of aromatic carboxylic acids is 1. The first-order chi connectivity index (χ1) is 11.5. The van der Waals surface area contributed by atoms with Crippen molar-refractivity contribution in [3.05, 3.63) is 64.4 Å².